The molecule has 7 heteroatoms. The Morgan fingerprint density at radius 1 is 1.23 bits per heavy atom. The first-order chi connectivity index (χ1) is 14.9. The van der Waals surface area contributed by atoms with E-state index in [2.05, 4.69) is 42.0 Å². The van der Waals surface area contributed by atoms with Crippen LogP contribution in [0.2, 0.25) is 0 Å². The van der Waals surface area contributed by atoms with E-state index in [1.165, 1.54) is 5.69 Å². The average molecular weight is 422 g/mol. The number of para-hydroxylation sites is 1. The minimum Gasteiger partial charge on any atom is -0.378 e. The highest BCUT2D eigenvalue weighted by atomic mass is 16.5. The number of carbonyl (C=O) groups excluding carboxylic acids is 1. The SMILES string of the molecule is Cc1nn(C)c2nc(C(C)C)cc(C(=O)N(C)Cc3ccccc3N3CCOCC3)c12. The molecule has 0 N–H and O–H groups in total. The van der Waals surface area contributed by atoms with Gasteiger partial charge in [0.2, 0.25) is 0 Å². The lowest BCUT2D eigenvalue weighted by molar-refractivity contribution is 0.0786. The zero-order valence-electron chi connectivity index (χ0n) is 19.1. The van der Waals surface area contributed by atoms with E-state index in [0.29, 0.717) is 12.1 Å². The number of fused-ring (bicyclic) bond motifs is 1. The second-order valence-corrected chi connectivity index (χ2v) is 8.55. The van der Waals surface area contributed by atoms with Crippen LogP contribution in [0, 0.1) is 6.92 Å². The van der Waals surface area contributed by atoms with Crippen LogP contribution >= 0.6 is 0 Å². The molecule has 1 aromatic carbocycles. The molecule has 0 radical (unpaired) electrons. The normalized spacial score (nSPS) is 14.5. The number of benzene rings is 1. The van der Waals surface area contributed by atoms with Gasteiger partial charge in [-0.25, -0.2) is 4.98 Å². The molecule has 1 aliphatic heterocycles. The predicted octanol–water partition coefficient (Wildman–Crippen LogP) is 3.51. The first-order valence-electron chi connectivity index (χ1n) is 10.9. The highest BCUT2D eigenvalue weighted by Crippen LogP contribution is 2.27. The van der Waals surface area contributed by atoms with Crippen molar-refractivity contribution in [3.8, 4) is 0 Å². The zero-order chi connectivity index (χ0) is 22.1. The van der Waals surface area contributed by atoms with Crippen LogP contribution in [0.25, 0.3) is 11.0 Å². The number of carbonyl (C=O) groups is 1. The summed E-state index contributed by atoms with van der Waals surface area (Å²) < 4.78 is 7.27. The van der Waals surface area contributed by atoms with E-state index in [9.17, 15) is 4.79 Å². The molecule has 1 fully saturated rings. The molecule has 0 atom stereocenters. The largest absolute Gasteiger partial charge is 0.378 e. The van der Waals surface area contributed by atoms with Gasteiger partial charge in [-0.2, -0.15) is 5.10 Å². The summed E-state index contributed by atoms with van der Waals surface area (Å²) in [7, 11) is 3.74. The second-order valence-electron chi connectivity index (χ2n) is 8.55. The Bertz CT molecular complexity index is 1100. The van der Waals surface area contributed by atoms with Crippen molar-refractivity contribution < 1.29 is 9.53 Å². The summed E-state index contributed by atoms with van der Waals surface area (Å²) >= 11 is 0. The fourth-order valence-electron chi connectivity index (χ4n) is 4.22. The number of rotatable bonds is 5. The lowest BCUT2D eigenvalue weighted by Crippen LogP contribution is -2.37. The fraction of sp³-hybridized carbons (Fsp3) is 0.458. The summed E-state index contributed by atoms with van der Waals surface area (Å²) in [4.78, 5) is 22.5. The second kappa shape index (κ2) is 8.67. The van der Waals surface area contributed by atoms with Gasteiger partial charge in [-0.3, -0.25) is 9.48 Å². The Balaban J connectivity index is 1.68. The average Bonchev–Trinajstić information content (AvgIpc) is 3.07. The van der Waals surface area contributed by atoms with Crippen molar-refractivity contribution in [1.29, 1.82) is 0 Å². The molecular weight excluding hydrogens is 390 g/mol. The van der Waals surface area contributed by atoms with Crippen molar-refractivity contribution in [3.63, 3.8) is 0 Å². The molecule has 0 spiro atoms. The Hall–Kier alpha value is -2.93. The van der Waals surface area contributed by atoms with Crippen LogP contribution < -0.4 is 4.90 Å². The number of aromatic nitrogens is 3. The Morgan fingerprint density at radius 2 is 1.94 bits per heavy atom. The Morgan fingerprint density at radius 3 is 2.65 bits per heavy atom. The molecule has 7 nitrogen and oxygen atoms in total. The molecule has 0 aliphatic carbocycles. The minimum absolute atomic E-state index is 0.0119. The van der Waals surface area contributed by atoms with Gasteiger partial charge in [0.1, 0.15) is 0 Å². The maximum absolute atomic E-state index is 13.6. The van der Waals surface area contributed by atoms with E-state index in [1.807, 2.05) is 33.2 Å². The van der Waals surface area contributed by atoms with Crippen LogP contribution in [-0.2, 0) is 18.3 Å². The number of nitrogens with zero attached hydrogens (tertiary/aromatic N) is 5. The molecule has 2 aromatic heterocycles. The number of aryl methyl sites for hydroxylation is 2. The lowest BCUT2D eigenvalue weighted by atomic mass is 10.0. The van der Waals surface area contributed by atoms with Crippen LogP contribution in [0.15, 0.2) is 30.3 Å². The number of hydrogen-bond acceptors (Lipinski definition) is 5. The van der Waals surface area contributed by atoms with Crippen LogP contribution in [-0.4, -0.2) is 58.9 Å². The summed E-state index contributed by atoms with van der Waals surface area (Å²) in [5, 5.41) is 5.36. The fourth-order valence-corrected chi connectivity index (χ4v) is 4.22. The Kier molecular flexibility index (Phi) is 5.96. The first kappa shape index (κ1) is 21.3. The molecule has 1 aliphatic rings. The standard InChI is InChI=1S/C24H31N5O2/c1-16(2)20-14-19(22-17(3)26-28(5)23(22)25-20)24(30)27(4)15-18-8-6-7-9-21(18)29-10-12-31-13-11-29/h6-9,14,16H,10-13,15H2,1-5H3. The maximum atomic E-state index is 13.6. The molecule has 3 heterocycles. The van der Waals surface area contributed by atoms with Gasteiger partial charge in [-0.1, -0.05) is 32.0 Å². The highest BCUT2D eigenvalue weighted by molar-refractivity contribution is 6.06. The molecular formula is C24H31N5O2. The quantitative estimate of drug-likeness (QED) is 0.631. The summed E-state index contributed by atoms with van der Waals surface area (Å²) in [5.74, 6) is 0.209. The van der Waals surface area contributed by atoms with Gasteiger partial charge in [-0.15, -0.1) is 0 Å². The summed E-state index contributed by atoms with van der Waals surface area (Å²) in [5.41, 5.74) is 5.47. The number of ether oxygens (including phenoxy) is 1. The van der Waals surface area contributed by atoms with Crippen LogP contribution in [0.1, 0.15) is 47.1 Å². The van der Waals surface area contributed by atoms with Crippen LogP contribution in [0.5, 0.6) is 0 Å². The van der Waals surface area contributed by atoms with Crippen molar-refractivity contribution in [2.24, 2.45) is 7.05 Å². The third-order valence-corrected chi connectivity index (χ3v) is 5.91. The molecule has 4 rings (SSSR count). The third-order valence-electron chi connectivity index (χ3n) is 5.91. The van der Waals surface area contributed by atoms with Gasteiger partial charge in [0.25, 0.3) is 5.91 Å². The van der Waals surface area contributed by atoms with Crippen molar-refractivity contribution in [2.45, 2.75) is 33.2 Å². The summed E-state index contributed by atoms with van der Waals surface area (Å²) in [6.07, 6.45) is 0. The van der Waals surface area contributed by atoms with Crippen molar-refractivity contribution in [2.75, 3.05) is 38.3 Å². The van der Waals surface area contributed by atoms with Crippen molar-refractivity contribution in [3.05, 3.63) is 52.8 Å². The molecule has 1 amide bonds. The van der Waals surface area contributed by atoms with E-state index in [-0.39, 0.29) is 11.8 Å². The van der Waals surface area contributed by atoms with Crippen molar-refractivity contribution >= 4 is 22.6 Å². The number of anilines is 1. The van der Waals surface area contributed by atoms with Crippen LogP contribution in [0.3, 0.4) is 0 Å². The molecule has 3 aromatic rings. The van der Waals surface area contributed by atoms with Crippen LogP contribution in [0.4, 0.5) is 5.69 Å². The van der Waals surface area contributed by atoms with Gasteiger partial charge in [-0.05, 0) is 30.5 Å². The van der Waals surface area contributed by atoms with Gasteiger partial charge in [0, 0.05) is 45.1 Å². The minimum atomic E-state index is -0.0119. The van der Waals surface area contributed by atoms with Gasteiger partial charge in [0.05, 0.1) is 29.9 Å². The summed E-state index contributed by atoms with van der Waals surface area (Å²) in [6.45, 7) is 9.85. The lowest BCUT2D eigenvalue weighted by Gasteiger charge is -2.31. The maximum Gasteiger partial charge on any atom is 0.254 e. The number of hydrogen-bond donors (Lipinski definition) is 0. The van der Waals surface area contributed by atoms with E-state index in [0.717, 1.165) is 54.3 Å². The van der Waals surface area contributed by atoms with Gasteiger partial charge >= 0.3 is 0 Å². The third kappa shape index (κ3) is 4.14. The molecule has 0 bridgehead atoms. The van der Waals surface area contributed by atoms with E-state index >= 15 is 0 Å². The molecule has 1 saturated heterocycles. The van der Waals surface area contributed by atoms with E-state index < -0.39 is 0 Å². The van der Waals surface area contributed by atoms with Crippen molar-refractivity contribution in [1.82, 2.24) is 19.7 Å². The number of morpholine rings is 1. The molecule has 164 valence electrons. The van der Waals surface area contributed by atoms with E-state index in [1.54, 1.807) is 9.58 Å². The summed E-state index contributed by atoms with van der Waals surface area (Å²) in [6, 6.07) is 10.3. The Labute approximate surface area is 183 Å². The number of amides is 1. The molecule has 0 unspecified atom stereocenters. The predicted molar refractivity (Wildman–Crippen MR) is 123 cm³/mol. The monoisotopic (exact) mass is 421 g/mol. The first-order valence-corrected chi connectivity index (χ1v) is 10.9. The molecule has 0 saturated carbocycles. The van der Waals surface area contributed by atoms with Gasteiger partial charge in [0.15, 0.2) is 5.65 Å². The van der Waals surface area contributed by atoms with Gasteiger partial charge < -0.3 is 14.5 Å². The topological polar surface area (TPSA) is 63.5 Å². The zero-order valence-corrected chi connectivity index (χ0v) is 19.1. The van der Waals surface area contributed by atoms with E-state index in [4.69, 9.17) is 9.72 Å². The molecule has 31 heavy (non-hydrogen) atoms. The number of pyridine rings is 1. The smallest absolute Gasteiger partial charge is 0.254 e. The highest BCUT2D eigenvalue weighted by Gasteiger charge is 2.23.